The molecule has 0 bridgehead atoms. The Kier molecular flexibility index (Phi) is 7.31. The van der Waals surface area contributed by atoms with Gasteiger partial charge in [0, 0.05) is 25.0 Å². The van der Waals surface area contributed by atoms with Gasteiger partial charge in [0.2, 0.25) is 0 Å². The number of pyridine rings is 2. The van der Waals surface area contributed by atoms with E-state index < -0.39 is 29.2 Å². The molecular formula is C23H21F6N9. The minimum absolute atomic E-state index is 0.0175. The summed E-state index contributed by atoms with van der Waals surface area (Å²) < 4.78 is 80.1. The molecule has 0 aromatic carbocycles. The zero-order valence-corrected chi connectivity index (χ0v) is 20.2. The Bertz CT molecular complexity index is 1420. The maximum Gasteiger partial charge on any atom is 0.418 e. The van der Waals surface area contributed by atoms with Crippen molar-refractivity contribution in [3.8, 4) is 11.4 Å². The van der Waals surface area contributed by atoms with E-state index in [1.54, 1.807) is 6.92 Å². The van der Waals surface area contributed by atoms with Crippen LogP contribution in [-0.2, 0) is 12.4 Å². The molecule has 0 aliphatic carbocycles. The SMILES string of the molecule is CC(CN(C)C)Nc1cc(C(F)(F)F)c(-c2cnc3c(Nc4ccc(C(F)(F)F)cn4)ccnc3n2)nn1. The first-order valence-corrected chi connectivity index (χ1v) is 11.1. The lowest BCUT2D eigenvalue weighted by molar-refractivity contribution is -0.138. The number of alkyl halides is 6. The Labute approximate surface area is 212 Å². The smallest absolute Gasteiger partial charge is 0.365 e. The molecule has 4 aromatic rings. The molecule has 0 aliphatic heterocycles. The number of likely N-dealkylation sites (N-methyl/N-ethyl adjacent to an activating group) is 1. The van der Waals surface area contributed by atoms with E-state index in [-0.39, 0.29) is 40.2 Å². The molecule has 1 unspecified atom stereocenters. The lowest BCUT2D eigenvalue weighted by Crippen LogP contribution is -2.30. The van der Waals surface area contributed by atoms with Gasteiger partial charge in [-0.3, -0.25) is 0 Å². The van der Waals surface area contributed by atoms with Crippen LogP contribution in [0, 0.1) is 0 Å². The van der Waals surface area contributed by atoms with Gasteiger partial charge in [-0.05, 0) is 45.3 Å². The molecule has 4 rings (SSSR count). The lowest BCUT2D eigenvalue weighted by atomic mass is 10.1. The van der Waals surface area contributed by atoms with Gasteiger partial charge in [-0.15, -0.1) is 10.2 Å². The molecule has 0 aliphatic rings. The largest absolute Gasteiger partial charge is 0.418 e. The van der Waals surface area contributed by atoms with Gasteiger partial charge in [-0.1, -0.05) is 0 Å². The second kappa shape index (κ2) is 10.3. The predicted molar refractivity (Wildman–Crippen MR) is 128 cm³/mol. The quantitative estimate of drug-likeness (QED) is 0.315. The molecule has 200 valence electrons. The van der Waals surface area contributed by atoms with Crippen LogP contribution < -0.4 is 10.6 Å². The average molecular weight is 537 g/mol. The predicted octanol–water partition coefficient (Wildman–Crippen LogP) is 5.02. The van der Waals surface area contributed by atoms with E-state index in [2.05, 4.69) is 40.8 Å². The number of nitrogens with one attached hydrogen (secondary N) is 2. The molecule has 0 spiro atoms. The minimum Gasteiger partial charge on any atom is -0.365 e. The van der Waals surface area contributed by atoms with Crippen molar-refractivity contribution in [3.63, 3.8) is 0 Å². The number of hydrogen-bond donors (Lipinski definition) is 2. The van der Waals surface area contributed by atoms with E-state index in [0.717, 1.165) is 24.4 Å². The monoisotopic (exact) mass is 537 g/mol. The Hall–Kier alpha value is -4.14. The van der Waals surface area contributed by atoms with Crippen LogP contribution in [0.5, 0.6) is 0 Å². The molecule has 38 heavy (non-hydrogen) atoms. The van der Waals surface area contributed by atoms with Gasteiger partial charge in [0.1, 0.15) is 28.5 Å². The van der Waals surface area contributed by atoms with Gasteiger partial charge in [-0.2, -0.15) is 26.3 Å². The van der Waals surface area contributed by atoms with E-state index in [0.29, 0.717) is 12.7 Å². The summed E-state index contributed by atoms with van der Waals surface area (Å²) in [5, 5.41) is 13.4. The number of halogens is 6. The molecule has 2 N–H and O–H groups in total. The molecule has 4 heterocycles. The first-order valence-electron chi connectivity index (χ1n) is 11.1. The maximum atomic E-state index is 13.9. The van der Waals surface area contributed by atoms with E-state index in [1.807, 2.05) is 19.0 Å². The van der Waals surface area contributed by atoms with Crippen molar-refractivity contribution < 1.29 is 26.3 Å². The molecule has 0 saturated carbocycles. The number of fused-ring (bicyclic) bond motifs is 1. The van der Waals surface area contributed by atoms with Crippen molar-refractivity contribution in [2.45, 2.75) is 25.3 Å². The summed E-state index contributed by atoms with van der Waals surface area (Å²) in [5.74, 6) is 0.0472. The molecule has 9 nitrogen and oxygen atoms in total. The fourth-order valence-electron chi connectivity index (χ4n) is 3.62. The Morgan fingerprint density at radius 3 is 2.29 bits per heavy atom. The van der Waals surface area contributed by atoms with Gasteiger partial charge in [0.05, 0.1) is 23.0 Å². The third-order valence-corrected chi connectivity index (χ3v) is 5.18. The van der Waals surface area contributed by atoms with Gasteiger partial charge in [-0.25, -0.2) is 19.9 Å². The van der Waals surface area contributed by atoms with Crippen molar-refractivity contribution in [1.82, 2.24) is 35.0 Å². The number of hydrogen-bond acceptors (Lipinski definition) is 9. The van der Waals surface area contributed by atoms with Crippen LogP contribution >= 0.6 is 0 Å². The van der Waals surface area contributed by atoms with Crippen LogP contribution in [0.4, 0.5) is 43.7 Å². The van der Waals surface area contributed by atoms with Crippen molar-refractivity contribution in [2.24, 2.45) is 0 Å². The van der Waals surface area contributed by atoms with Crippen LogP contribution in [-0.4, -0.2) is 61.7 Å². The normalized spacial score (nSPS) is 13.1. The van der Waals surface area contributed by atoms with E-state index >= 15 is 0 Å². The molecular weight excluding hydrogens is 516 g/mol. The van der Waals surface area contributed by atoms with Crippen LogP contribution in [0.25, 0.3) is 22.6 Å². The van der Waals surface area contributed by atoms with Crippen molar-refractivity contribution in [1.29, 1.82) is 0 Å². The van der Waals surface area contributed by atoms with Gasteiger partial charge in [0.15, 0.2) is 5.65 Å². The molecule has 4 aromatic heterocycles. The van der Waals surface area contributed by atoms with Crippen molar-refractivity contribution in [3.05, 3.63) is 54.0 Å². The second-order valence-electron chi connectivity index (χ2n) is 8.64. The lowest BCUT2D eigenvalue weighted by Gasteiger charge is -2.19. The Balaban J connectivity index is 1.66. The van der Waals surface area contributed by atoms with Gasteiger partial charge < -0.3 is 15.5 Å². The van der Waals surface area contributed by atoms with E-state index in [4.69, 9.17) is 0 Å². The molecule has 15 heteroatoms. The van der Waals surface area contributed by atoms with Crippen LogP contribution in [0.1, 0.15) is 18.1 Å². The molecule has 0 radical (unpaired) electrons. The minimum atomic E-state index is -4.76. The number of anilines is 3. The topological polar surface area (TPSA) is 105 Å². The zero-order valence-electron chi connectivity index (χ0n) is 20.2. The maximum absolute atomic E-state index is 13.9. The highest BCUT2D eigenvalue weighted by molar-refractivity contribution is 5.87. The Morgan fingerprint density at radius 2 is 1.66 bits per heavy atom. The fraction of sp³-hybridized carbons (Fsp3) is 0.304. The standard InChI is InChI=1S/C23H21F6N9/c1-12(11-38(2)3)33-18-8-14(23(27,28)29)19(37-36-18)16-10-32-20-15(6-7-30-21(20)35-16)34-17-5-4-13(9-31-17)22(24,25)26/h4-10,12H,11H2,1-3H3,(H,33,36)(H,30,31,34,35). The molecule has 0 saturated heterocycles. The van der Waals surface area contributed by atoms with Crippen LogP contribution in [0.2, 0.25) is 0 Å². The summed E-state index contributed by atoms with van der Waals surface area (Å²) in [6.07, 6.45) is -6.20. The van der Waals surface area contributed by atoms with Crippen LogP contribution in [0.3, 0.4) is 0 Å². The van der Waals surface area contributed by atoms with E-state index in [1.165, 1.54) is 12.3 Å². The third-order valence-electron chi connectivity index (χ3n) is 5.18. The number of nitrogens with zero attached hydrogens (tertiary/aromatic N) is 7. The number of rotatable bonds is 7. The highest BCUT2D eigenvalue weighted by Gasteiger charge is 2.36. The fourth-order valence-corrected chi connectivity index (χ4v) is 3.62. The van der Waals surface area contributed by atoms with Crippen molar-refractivity contribution >= 4 is 28.5 Å². The van der Waals surface area contributed by atoms with Crippen molar-refractivity contribution in [2.75, 3.05) is 31.3 Å². The Morgan fingerprint density at radius 1 is 0.895 bits per heavy atom. The number of aromatic nitrogens is 6. The first-order chi connectivity index (χ1) is 17.8. The summed E-state index contributed by atoms with van der Waals surface area (Å²) in [7, 11) is 3.67. The molecule has 0 amide bonds. The summed E-state index contributed by atoms with van der Waals surface area (Å²) >= 11 is 0. The van der Waals surface area contributed by atoms with E-state index in [9.17, 15) is 26.3 Å². The van der Waals surface area contributed by atoms with Gasteiger partial charge >= 0.3 is 12.4 Å². The summed E-state index contributed by atoms with van der Waals surface area (Å²) in [6, 6.07) is 4.14. The first kappa shape index (κ1) is 26.9. The van der Waals surface area contributed by atoms with Crippen LogP contribution in [0.15, 0.2) is 42.9 Å². The second-order valence-corrected chi connectivity index (χ2v) is 8.64. The average Bonchev–Trinajstić information content (AvgIpc) is 2.82. The molecule has 1 atom stereocenters. The summed E-state index contributed by atoms with van der Waals surface area (Å²) in [6.45, 7) is 2.36. The van der Waals surface area contributed by atoms with Gasteiger partial charge in [0.25, 0.3) is 0 Å². The summed E-state index contributed by atoms with van der Waals surface area (Å²) in [4.78, 5) is 18.1. The summed E-state index contributed by atoms with van der Waals surface area (Å²) in [5.41, 5.74) is -2.26. The molecule has 0 fully saturated rings. The third kappa shape index (κ3) is 6.22. The highest BCUT2D eigenvalue weighted by atomic mass is 19.4. The zero-order chi connectivity index (χ0) is 27.7. The highest BCUT2D eigenvalue weighted by Crippen LogP contribution is 2.37.